The zero-order chi connectivity index (χ0) is 16.7. The molecule has 1 N–H and O–H groups in total. The Morgan fingerprint density at radius 3 is 2.79 bits per heavy atom. The molecule has 5 rings (SSSR count). The van der Waals surface area contributed by atoms with E-state index in [1.54, 1.807) is 0 Å². The fourth-order valence-electron chi connectivity index (χ4n) is 4.10. The molecule has 1 heterocycles. The minimum atomic E-state index is -0.249. The predicted octanol–water partition coefficient (Wildman–Crippen LogP) is 4.93. The van der Waals surface area contributed by atoms with E-state index in [2.05, 4.69) is 29.2 Å². The van der Waals surface area contributed by atoms with Crippen LogP contribution in [0.15, 0.2) is 41.4 Å². The molecule has 0 amide bonds. The Labute approximate surface area is 151 Å². The Hall–Kier alpha value is -1.39. The number of fused-ring (bicyclic) bond motifs is 2. The van der Waals surface area contributed by atoms with Crippen molar-refractivity contribution < 1.29 is 9.53 Å². The average Bonchev–Trinajstić information content (AvgIpc) is 3.05. The van der Waals surface area contributed by atoms with Gasteiger partial charge < -0.3 is 9.72 Å². The third-order valence-electron chi connectivity index (χ3n) is 5.10. The molecule has 24 heavy (non-hydrogen) atoms. The quantitative estimate of drug-likeness (QED) is 0.619. The van der Waals surface area contributed by atoms with Crippen LogP contribution < -0.4 is 0 Å². The second-order valence-corrected chi connectivity index (χ2v) is 8.14. The lowest BCUT2D eigenvalue weighted by molar-refractivity contribution is 0.0517. The monoisotopic (exact) mass is 361 g/mol. The number of esters is 1. The topological polar surface area (TPSA) is 42.1 Å². The summed E-state index contributed by atoms with van der Waals surface area (Å²) >= 11 is 8.69. The maximum Gasteiger partial charge on any atom is 0.355 e. The van der Waals surface area contributed by atoms with Crippen molar-refractivity contribution in [1.29, 1.82) is 0 Å². The Morgan fingerprint density at radius 1 is 1.29 bits per heavy atom. The van der Waals surface area contributed by atoms with Crippen molar-refractivity contribution in [1.82, 2.24) is 4.98 Å². The van der Waals surface area contributed by atoms with Gasteiger partial charge in [0.2, 0.25) is 0 Å². The summed E-state index contributed by atoms with van der Waals surface area (Å²) < 4.78 is 5.23. The Morgan fingerprint density at radius 2 is 2.04 bits per heavy atom. The SMILES string of the molecule is CCOC(=O)c1[nH]cc2c1[C@@H]1CC[C@H]2[C@@H](Cl)[C@@H]1Sc1ccccc1. The van der Waals surface area contributed by atoms with Crippen LogP contribution in [0.3, 0.4) is 0 Å². The molecule has 0 saturated heterocycles. The zero-order valence-corrected chi connectivity index (χ0v) is 15.1. The van der Waals surface area contributed by atoms with Crippen molar-refractivity contribution in [3.05, 3.63) is 53.3 Å². The number of thioether (sulfide) groups is 1. The van der Waals surface area contributed by atoms with Crippen LogP contribution in [0.25, 0.3) is 0 Å². The van der Waals surface area contributed by atoms with Crippen LogP contribution in [0.2, 0.25) is 0 Å². The molecule has 126 valence electrons. The molecule has 0 unspecified atom stereocenters. The summed E-state index contributed by atoms with van der Waals surface area (Å²) in [7, 11) is 0. The van der Waals surface area contributed by atoms with Gasteiger partial charge in [-0.1, -0.05) is 18.2 Å². The molecule has 4 atom stereocenters. The molecule has 1 fully saturated rings. The van der Waals surface area contributed by atoms with Crippen LogP contribution in [-0.4, -0.2) is 28.2 Å². The standard InChI is InChI=1S/C19H20ClNO2S/c1-2-23-19(22)17-15-13-9-8-12(14(15)10-21-17)16(20)18(13)24-11-6-4-3-5-7-11/h3-7,10,12-13,16,18,21H,2,8-9H2,1H3/t12-,13+,16-,18-/m1/s1. The van der Waals surface area contributed by atoms with Crippen molar-refractivity contribution >= 4 is 29.3 Å². The van der Waals surface area contributed by atoms with E-state index in [9.17, 15) is 4.79 Å². The molecule has 0 radical (unpaired) electrons. The van der Waals surface area contributed by atoms with Crippen molar-refractivity contribution in [2.45, 2.75) is 47.1 Å². The fourth-order valence-corrected chi connectivity index (χ4v) is 6.08. The van der Waals surface area contributed by atoms with Crippen LogP contribution in [0, 0.1) is 0 Å². The highest BCUT2D eigenvalue weighted by molar-refractivity contribution is 8.00. The summed E-state index contributed by atoms with van der Waals surface area (Å²) in [5.41, 5.74) is 3.00. The number of halogens is 1. The smallest absolute Gasteiger partial charge is 0.355 e. The van der Waals surface area contributed by atoms with Crippen LogP contribution >= 0.6 is 23.4 Å². The Bertz CT molecular complexity index is 745. The lowest BCUT2D eigenvalue weighted by atomic mass is 9.67. The first-order valence-corrected chi connectivity index (χ1v) is 9.76. The second kappa shape index (κ2) is 6.49. The summed E-state index contributed by atoms with van der Waals surface area (Å²) in [6.07, 6.45) is 4.14. The molecule has 5 heteroatoms. The van der Waals surface area contributed by atoms with Gasteiger partial charge in [0.05, 0.1) is 12.0 Å². The van der Waals surface area contributed by atoms with E-state index in [0.717, 1.165) is 18.4 Å². The molecule has 2 bridgehead atoms. The van der Waals surface area contributed by atoms with Crippen LogP contribution in [0.4, 0.5) is 0 Å². The number of hydrogen-bond donors (Lipinski definition) is 1. The van der Waals surface area contributed by atoms with Crippen LogP contribution in [-0.2, 0) is 4.74 Å². The zero-order valence-electron chi connectivity index (χ0n) is 13.5. The third-order valence-corrected chi connectivity index (χ3v) is 7.26. The first-order valence-electron chi connectivity index (χ1n) is 8.44. The van der Waals surface area contributed by atoms with Gasteiger partial charge in [-0.15, -0.1) is 23.4 Å². The summed E-state index contributed by atoms with van der Waals surface area (Å²) in [5, 5.41) is 0.372. The van der Waals surface area contributed by atoms with Gasteiger partial charge in [0.25, 0.3) is 0 Å². The lowest BCUT2D eigenvalue weighted by Gasteiger charge is -2.46. The van der Waals surface area contributed by atoms with Gasteiger partial charge in [-0.25, -0.2) is 4.79 Å². The molecule has 0 aliphatic heterocycles. The number of benzene rings is 1. The molecule has 1 aromatic heterocycles. The maximum atomic E-state index is 12.3. The van der Waals surface area contributed by atoms with Gasteiger partial charge in [-0.05, 0) is 43.0 Å². The van der Waals surface area contributed by atoms with E-state index in [4.69, 9.17) is 16.3 Å². The van der Waals surface area contributed by atoms with E-state index in [0.29, 0.717) is 24.1 Å². The van der Waals surface area contributed by atoms with Gasteiger partial charge in [-0.2, -0.15) is 0 Å². The molecule has 0 spiro atoms. The number of rotatable bonds is 4. The van der Waals surface area contributed by atoms with Gasteiger partial charge in [0.15, 0.2) is 0 Å². The van der Waals surface area contributed by atoms with Crippen LogP contribution in [0.5, 0.6) is 0 Å². The normalized spacial score (nSPS) is 27.8. The molecule has 3 aliphatic rings. The number of nitrogens with one attached hydrogen (secondary N) is 1. The molecule has 2 aromatic rings. The Kier molecular flexibility index (Phi) is 4.35. The van der Waals surface area contributed by atoms with Crippen molar-refractivity contribution in [2.24, 2.45) is 0 Å². The largest absolute Gasteiger partial charge is 0.461 e. The van der Waals surface area contributed by atoms with Gasteiger partial charge in [0, 0.05) is 28.2 Å². The molecule has 1 aromatic carbocycles. The number of hydrogen-bond acceptors (Lipinski definition) is 3. The number of carbonyl (C=O) groups is 1. The highest BCUT2D eigenvalue weighted by atomic mass is 35.5. The number of H-pyrrole nitrogens is 1. The highest BCUT2D eigenvalue weighted by Gasteiger charge is 2.49. The Balaban J connectivity index is 1.69. The minimum absolute atomic E-state index is 0.0901. The minimum Gasteiger partial charge on any atom is -0.461 e. The van der Waals surface area contributed by atoms with E-state index in [1.165, 1.54) is 10.5 Å². The lowest BCUT2D eigenvalue weighted by Crippen LogP contribution is -2.41. The van der Waals surface area contributed by atoms with Gasteiger partial charge >= 0.3 is 5.97 Å². The first kappa shape index (κ1) is 16.1. The molecular weight excluding hydrogens is 342 g/mol. The van der Waals surface area contributed by atoms with E-state index in [1.807, 2.05) is 30.9 Å². The maximum absolute atomic E-state index is 12.3. The first-order chi connectivity index (χ1) is 11.7. The van der Waals surface area contributed by atoms with Crippen molar-refractivity contribution in [2.75, 3.05) is 6.61 Å². The molecule has 3 aliphatic carbocycles. The van der Waals surface area contributed by atoms with Crippen molar-refractivity contribution in [3.63, 3.8) is 0 Å². The van der Waals surface area contributed by atoms with E-state index in [-0.39, 0.29) is 16.6 Å². The van der Waals surface area contributed by atoms with E-state index < -0.39 is 0 Å². The van der Waals surface area contributed by atoms with Crippen molar-refractivity contribution in [3.8, 4) is 0 Å². The number of aromatic amines is 1. The van der Waals surface area contributed by atoms with Crippen LogP contribution in [0.1, 0.15) is 53.2 Å². The highest BCUT2D eigenvalue weighted by Crippen LogP contribution is 2.57. The number of carbonyl (C=O) groups excluding carboxylic acids is 1. The molecular formula is C19H20ClNO2S. The number of aromatic nitrogens is 1. The summed E-state index contributed by atoms with van der Waals surface area (Å²) in [6.45, 7) is 2.23. The third kappa shape index (κ3) is 2.56. The molecule has 1 saturated carbocycles. The molecule has 3 nitrogen and oxygen atoms in total. The van der Waals surface area contributed by atoms with Gasteiger partial charge in [0.1, 0.15) is 5.69 Å². The summed E-state index contributed by atoms with van der Waals surface area (Å²) in [5.74, 6) is 0.358. The second-order valence-electron chi connectivity index (χ2n) is 6.38. The fraction of sp³-hybridized carbons (Fsp3) is 0.421. The summed E-state index contributed by atoms with van der Waals surface area (Å²) in [4.78, 5) is 16.7. The number of alkyl halides is 1. The summed E-state index contributed by atoms with van der Waals surface area (Å²) in [6, 6.07) is 10.4. The number of ether oxygens (including phenoxy) is 1. The van der Waals surface area contributed by atoms with Gasteiger partial charge in [-0.3, -0.25) is 0 Å². The average molecular weight is 362 g/mol. The predicted molar refractivity (Wildman–Crippen MR) is 97.2 cm³/mol. The van der Waals surface area contributed by atoms with E-state index >= 15 is 0 Å².